The first-order chi connectivity index (χ1) is 21.1. The number of Topliss-reactive ketones (excluding diaryl/α,β-unsaturated/α-hetero) is 1. The zero-order chi connectivity index (χ0) is 31.5. The Bertz CT molecular complexity index is 1500. The number of nitrogens with zero attached hydrogens (tertiary/aromatic N) is 2. The van der Waals surface area contributed by atoms with E-state index in [4.69, 9.17) is 10.5 Å². The van der Waals surface area contributed by atoms with Gasteiger partial charge in [-0.3, -0.25) is 14.4 Å². The number of nitrogens with one attached hydrogen (secondary N) is 2. The Hall–Kier alpha value is -4.60. The molecule has 4 rings (SSSR count). The largest absolute Gasteiger partial charge is 0.374 e. The van der Waals surface area contributed by atoms with Crippen LogP contribution in [0.4, 0.5) is 0 Å². The highest BCUT2D eigenvalue weighted by atomic mass is 16.5. The Labute approximate surface area is 258 Å². The number of imidazole rings is 1. The minimum atomic E-state index is -1.16. The lowest BCUT2D eigenvalue weighted by molar-refractivity contribution is -0.132. The van der Waals surface area contributed by atoms with E-state index in [2.05, 4.69) is 15.6 Å². The second-order valence-electron chi connectivity index (χ2n) is 11.6. The molecular formula is C35H41N5O4. The van der Waals surface area contributed by atoms with E-state index < -0.39 is 23.5 Å². The number of hydrogen-bond acceptors (Lipinski definition) is 6. The number of carbonyl (C=O) groups excluding carboxylic acids is 3. The van der Waals surface area contributed by atoms with Crippen molar-refractivity contribution in [2.45, 2.75) is 63.9 Å². The summed E-state index contributed by atoms with van der Waals surface area (Å²) in [4.78, 5) is 44.2. The maximum absolute atomic E-state index is 13.5. The van der Waals surface area contributed by atoms with Crippen molar-refractivity contribution in [3.63, 3.8) is 0 Å². The molecule has 0 aliphatic heterocycles. The average molecular weight is 596 g/mol. The van der Waals surface area contributed by atoms with Crippen molar-refractivity contribution in [1.82, 2.24) is 20.2 Å². The van der Waals surface area contributed by atoms with Gasteiger partial charge in [-0.1, -0.05) is 97.9 Å². The normalized spacial score (nSPS) is 13.5. The van der Waals surface area contributed by atoms with Crippen molar-refractivity contribution in [3.05, 3.63) is 126 Å². The van der Waals surface area contributed by atoms with Gasteiger partial charge in [0.25, 0.3) is 0 Å². The van der Waals surface area contributed by atoms with Gasteiger partial charge in [-0.15, -0.1) is 0 Å². The lowest BCUT2D eigenvalue weighted by Gasteiger charge is -2.24. The van der Waals surface area contributed by atoms with Gasteiger partial charge in [-0.05, 0) is 30.5 Å². The molecule has 230 valence electrons. The Morgan fingerprint density at radius 2 is 1.50 bits per heavy atom. The molecule has 0 fully saturated rings. The molecule has 0 radical (unpaired) electrons. The van der Waals surface area contributed by atoms with Crippen molar-refractivity contribution in [3.8, 4) is 0 Å². The molecule has 0 aliphatic rings. The monoisotopic (exact) mass is 595 g/mol. The maximum Gasteiger partial charge on any atom is 0.248 e. The molecule has 3 aromatic carbocycles. The zero-order valence-corrected chi connectivity index (χ0v) is 25.5. The summed E-state index contributed by atoms with van der Waals surface area (Å²) < 4.78 is 7.60. The van der Waals surface area contributed by atoms with Crippen molar-refractivity contribution in [2.24, 2.45) is 5.73 Å². The van der Waals surface area contributed by atoms with Crippen molar-refractivity contribution in [2.75, 3.05) is 6.61 Å². The van der Waals surface area contributed by atoms with Crippen LogP contribution in [0.1, 0.15) is 61.5 Å². The summed E-state index contributed by atoms with van der Waals surface area (Å²) in [5.41, 5.74) is 8.26. The van der Waals surface area contributed by atoms with Crippen LogP contribution in [0.5, 0.6) is 0 Å². The van der Waals surface area contributed by atoms with Crippen LogP contribution in [0.2, 0.25) is 0 Å². The predicted molar refractivity (Wildman–Crippen MR) is 169 cm³/mol. The first-order valence-electron chi connectivity index (χ1n) is 14.8. The van der Waals surface area contributed by atoms with Gasteiger partial charge in [-0.2, -0.15) is 0 Å². The number of carbonyl (C=O) groups is 3. The van der Waals surface area contributed by atoms with Gasteiger partial charge in [-0.25, -0.2) is 4.98 Å². The predicted octanol–water partition coefficient (Wildman–Crippen LogP) is 4.29. The number of ether oxygens (including phenoxy) is 1. The molecule has 3 atom stereocenters. The van der Waals surface area contributed by atoms with E-state index in [-0.39, 0.29) is 30.6 Å². The second-order valence-corrected chi connectivity index (χ2v) is 11.6. The van der Waals surface area contributed by atoms with Gasteiger partial charge in [0.15, 0.2) is 5.78 Å². The van der Waals surface area contributed by atoms with Gasteiger partial charge in [0.2, 0.25) is 11.8 Å². The smallest absolute Gasteiger partial charge is 0.248 e. The van der Waals surface area contributed by atoms with Crippen LogP contribution in [0.3, 0.4) is 0 Å². The molecule has 0 saturated heterocycles. The van der Waals surface area contributed by atoms with Gasteiger partial charge < -0.3 is 25.7 Å². The summed E-state index contributed by atoms with van der Waals surface area (Å²) in [6, 6.07) is 27.3. The molecule has 2 unspecified atom stereocenters. The minimum Gasteiger partial charge on any atom is -0.374 e. The third-order valence-electron chi connectivity index (χ3n) is 7.28. The fourth-order valence-electron chi connectivity index (χ4n) is 4.70. The Balaban J connectivity index is 1.46. The molecule has 1 aromatic heterocycles. The average Bonchev–Trinajstić information content (AvgIpc) is 3.50. The quantitative estimate of drug-likeness (QED) is 0.188. The van der Waals surface area contributed by atoms with Crippen LogP contribution >= 0.6 is 0 Å². The number of nitrogens with two attached hydrogens (primary N) is 1. The fraction of sp³-hybridized carbons (Fsp3) is 0.314. The standard InChI is InChI=1S/C35H41N5O4/c1-25(19-31(41)30(39-34(43)35(2,3)36)23-44-22-27-15-9-5-10-16-27)29-21-40(24-38-29)32(28-17-11-6-12-18-28)33(42)37-20-26-13-7-4-8-14-26/h4-18,21,24-25,30,32H,19-20,22-23,36H2,1-3H3,(H,37,42)(H,39,43)/t25?,30-,32?/m1/s1. The summed E-state index contributed by atoms with van der Waals surface area (Å²) in [7, 11) is 0. The van der Waals surface area contributed by atoms with E-state index >= 15 is 0 Å². The number of ketones is 1. The number of aromatic nitrogens is 2. The maximum atomic E-state index is 13.5. The minimum absolute atomic E-state index is 0.00831. The van der Waals surface area contributed by atoms with Crippen LogP contribution in [0, 0.1) is 0 Å². The molecule has 0 aliphatic carbocycles. The molecule has 4 aromatic rings. The van der Waals surface area contributed by atoms with Crippen molar-refractivity contribution in [1.29, 1.82) is 0 Å². The summed E-state index contributed by atoms with van der Waals surface area (Å²) >= 11 is 0. The van der Waals surface area contributed by atoms with Crippen LogP contribution in [0.25, 0.3) is 0 Å². The number of hydrogen-bond donors (Lipinski definition) is 3. The lowest BCUT2D eigenvalue weighted by Crippen LogP contribution is -2.55. The molecule has 0 bridgehead atoms. The van der Waals surface area contributed by atoms with Crippen LogP contribution < -0.4 is 16.4 Å². The summed E-state index contributed by atoms with van der Waals surface area (Å²) in [5.74, 6) is -1.09. The first kappa shape index (κ1) is 32.3. The summed E-state index contributed by atoms with van der Waals surface area (Å²) in [6.45, 7) is 5.78. The first-order valence-corrected chi connectivity index (χ1v) is 14.8. The molecule has 1 heterocycles. The third kappa shape index (κ3) is 9.20. The van der Waals surface area contributed by atoms with Crippen LogP contribution in [-0.4, -0.2) is 45.3 Å². The summed E-state index contributed by atoms with van der Waals surface area (Å²) in [5, 5.41) is 5.81. The topological polar surface area (TPSA) is 128 Å². The van der Waals surface area contributed by atoms with Crippen LogP contribution in [0.15, 0.2) is 104 Å². The van der Waals surface area contributed by atoms with Crippen LogP contribution in [-0.2, 0) is 32.3 Å². The van der Waals surface area contributed by atoms with Gasteiger partial charge in [0.1, 0.15) is 12.1 Å². The Morgan fingerprint density at radius 1 is 0.909 bits per heavy atom. The molecule has 0 spiro atoms. The van der Waals surface area contributed by atoms with E-state index in [0.717, 1.165) is 16.7 Å². The Kier molecular flexibility index (Phi) is 11.2. The van der Waals surface area contributed by atoms with Crippen molar-refractivity contribution >= 4 is 17.6 Å². The molecule has 0 saturated carbocycles. The molecule has 2 amide bonds. The second kappa shape index (κ2) is 15.2. The highest BCUT2D eigenvalue weighted by Crippen LogP contribution is 2.24. The molecule has 4 N–H and O–H groups in total. The van der Waals surface area contributed by atoms with Crippen molar-refractivity contribution < 1.29 is 19.1 Å². The van der Waals surface area contributed by atoms with E-state index in [1.54, 1.807) is 30.9 Å². The van der Waals surface area contributed by atoms with Gasteiger partial charge in [0, 0.05) is 25.1 Å². The highest BCUT2D eigenvalue weighted by Gasteiger charge is 2.30. The van der Waals surface area contributed by atoms with Gasteiger partial charge in [0.05, 0.1) is 30.8 Å². The highest BCUT2D eigenvalue weighted by molar-refractivity contribution is 5.92. The summed E-state index contributed by atoms with van der Waals surface area (Å²) in [6.07, 6.45) is 3.54. The van der Waals surface area contributed by atoms with E-state index in [9.17, 15) is 14.4 Å². The fourth-order valence-corrected chi connectivity index (χ4v) is 4.70. The Morgan fingerprint density at radius 3 is 2.11 bits per heavy atom. The zero-order valence-electron chi connectivity index (χ0n) is 25.5. The lowest BCUT2D eigenvalue weighted by atomic mass is 9.97. The van der Waals surface area contributed by atoms with E-state index in [1.165, 1.54) is 0 Å². The van der Waals surface area contributed by atoms with E-state index in [1.807, 2.05) is 97.9 Å². The van der Waals surface area contributed by atoms with Gasteiger partial charge >= 0.3 is 0 Å². The molecule has 9 nitrogen and oxygen atoms in total. The number of rotatable bonds is 15. The molecular weight excluding hydrogens is 554 g/mol. The molecule has 9 heteroatoms. The third-order valence-corrected chi connectivity index (χ3v) is 7.28. The molecule has 44 heavy (non-hydrogen) atoms. The number of benzene rings is 3. The SMILES string of the molecule is CC(CC(=O)[C@@H](COCc1ccccc1)NC(=O)C(C)(C)N)c1cn(C(C(=O)NCc2ccccc2)c2ccccc2)cn1. The van der Waals surface area contributed by atoms with E-state index in [0.29, 0.717) is 18.8 Å². The number of amides is 2.